The summed E-state index contributed by atoms with van der Waals surface area (Å²) < 4.78 is 2.24. The standard InChI is InChI=1S/C15H18N4S/c1-9(2)19-14-5-4-11(7-16)6-12(14)18-15(19)13-8-20-10(3)17-13/h4-6,8-9H,7,16H2,1-3H3. The molecule has 2 heterocycles. The summed E-state index contributed by atoms with van der Waals surface area (Å²) in [5.41, 5.74) is 9.89. The minimum absolute atomic E-state index is 0.334. The summed E-state index contributed by atoms with van der Waals surface area (Å²) in [7, 11) is 0. The van der Waals surface area contributed by atoms with Crippen molar-refractivity contribution in [3.05, 3.63) is 34.2 Å². The third-order valence-electron chi connectivity index (χ3n) is 3.35. The van der Waals surface area contributed by atoms with E-state index in [2.05, 4.69) is 47.0 Å². The number of aromatic nitrogens is 3. The van der Waals surface area contributed by atoms with Crippen LogP contribution in [-0.4, -0.2) is 14.5 Å². The van der Waals surface area contributed by atoms with Crippen molar-refractivity contribution in [1.29, 1.82) is 0 Å². The predicted molar refractivity (Wildman–Crippen MR) is 83.9 cm³/mol. The zero-order chi connectivity index (χ0) is 14.3. The van der Waals surface area contributed by atoms with Crippen molar-refractivity contribution >= 4 is 22.4 Å². The molecule has 0 saturated carbocycles. The van der Waals surface area contributed by atoms with Gasteiger partial charge in [0.1, 0.15) is 5.69 Å². The average Bonchev–Trinajstić information content (AvgIpc) is 3.00. The van der Waals surface area contributed by atoms with Crippen LogP contribution in [0.15, 0.2) is 23.6 Å². The van der Waals surface area contributed by atoms with Crippen LogP contribution in [-0.2, 0) is 6.54 Å². The van der Waals surface area contributed by atoms with Crippen LogP contribution in [0.4, 0.5) is 0 Å². The Labute approximate surface area is 122 Å². The van der Waals surface area contributed by atoms with Gasteiger partial charge in [-0.3, -0.25) is 0 Å². The number of hydrogen-bond acceptors (Lipinski definition) is 4. The fourth-order valence-electron chi connectivity index (χ4n) is 2.44. The third-order valence-corrected chi connectivity index (χ3v) is 4.13. The Morgan fingerprint density at radius 3 is 2.70 bits per heavy atom. The van der Waals surface area contributed by atoms with E-state index in [0.29, 0.717) is 12.6 Å². The van der Waals surface area contributed by atoms with Crippen molar-refractivity contribution in [3.63, 3.8) is 0 Å². The largest absolute Gasteiger partial charge is 0.326 e. The SMILES string of the molecule is Cc1nc(-c2nc3cc(CN)ccc3n2C(C)C)cs1. The van der Waals surface area contributed by atoms with Gasteiger partial charge in [-0.1, -0.05) is 6.07 Å². The molecule has 0 unspecified atom stereocenters. The Kier molecular flexibility index (Phi) is 3.31. The highest BCUT2D eigenvalue weighted by Gasteiger charge is 2.16. The predicted octanol–water partition coefficient (Wildman–Crippen LogP) is 3.51. The molecule has 2 aromatic heterocycles. The Hall–Kier alpha value is -1.72. The minimum Gasteiger partial charge on any atom is -0.326 e. The molecule has 3 rings (SSSR count). The molecule has 0 amide bonds. The van der Waals surface area contributed by atoms with Gasteiger partial charge in [0.15, 0.2) is 5.82 Å². The molecule has 3 aromatic rings. The van der Waals surface area contributed by atoms with Gasteiger partial charge >= 0.3 is 0 Å². The summed E-state index contributed by atoms with van der Waals surface area (Å²) >= 11 is 1.65. The summed E-state index contributed by atoms with van der Waals surface area (Å²) in [6.07, 6.45) is 0. The number of benzene rings is 1. The van der Waals surface area contributed by atoms with E-state index in [4.69, 9.17) is 10.7 Å². The number of nitrogens with zero attached hydrogens (tertiary/aromatic N) is 3. The maximum absolute atomic E-state index is 5.71. The van der Waals surface area contributed by atoms with E-state index in [-0.39, 0.29) is 0 Å². The second-order valence-corrected chi connectivity index (χ2v) is 6.24. The Bertz CT molecular complexity index is 754. The Morgan fingerprint density at radius 1 is 1.30 bits per heavy atom. The van der Waals surface area contributed by atoms with E-state index in [9.17, 15) is 0 Å². The van der Waals surface area contributed by atoms with Crippen molar-refractivity contribution in [2.24, 2.45) is 5.73 Å². The highest BCUT2D eigenvalue weighted by Crippen LogP contribution is 2.29. The molecule has 0 aliphatic carbocycles. The van der Waals surface area contributed by atoms with E-state index < -0.39 is 0 Å². The molecule has 0 aliphatic heterocycles. The van der Waals surface area contributed by atoms with Crippen LogP contribution < -0.4 is 5.73 Å². The first kappa shape index (κ1) is 13.3. The number of fused-ring (bicyclic) bond motifs is 1. The van der Waals surface area contributed by atoms with Gasteiger partial charge in [0, 0.05) is 18.0 Å². The van der Waals surface area contributed by atoms with Crippen molar-refractivity contribution < 1.29 is 0 Å². The van der Waals surface area contributed by atoms with Crippen LogP contribution in [0.2, 0.25) is 0 Å². The van der Waals surface area contributed by atoms with Crippen LogP contribution in [0.25, 0.3) is 22.6 Å². The maximum atomic E-state index is 5.71. The third kappa shape index (κ3) is 2.13. The van der Waals surface area contributed by atoms with Crippen LogP contribution in [0, 0.1) is 6.92 Å². The number of thiazole rings is 1. The molecule has 0 bridgehead atoms. The van der Waals surface area contributed by atoms with Gasteiger partial charge in [0.05, 0.1) is 16.0 Å². The molecule has 0 atom stereocenters. The maximum Gasteiger partial charge on any atom is 0.160 e. The van der Waals surface area contributed by atoms with Crippen LogP contribution in [0.5, 0.6) is 0 Å². The van der Waals surface area contributed by atoms with Gasteiger partial charge < -0.3 is 10.3 Å². The van der Waals surface area contributed by atoms with Gasteiger partial charge in [0.2, 0.25) is 0 Å². The van der Waals surface area contributed by atoms with Crippen LogP contribution in [0.1, 0.15) is 30.5 Å². The molecule has 20 heavy (non-hydrogen) atoms. The monoisotopic (exact) mass is 286 g/mol. The normalized spacial score (nSPS) is 11.7. The number of rotatable bonds is 3. The first-order chi connectivity index (χ1) is 9.60. The van der Waals surface area contributed by atoms with E-state index in [1.807, 2.05) is 6.92 Å². The van der Waals surface area contributed by atoms with Crippen molar-refractivity contribution in [2.45, 2.75) is 33.4 Å². The van der Waals surface area contributed by atoms with Crippen molar-refractivity contribution in [1.82, 2.24) is 14.5 Å². The van der Waals surface area contributed by atoms with Gasteiger partial charge in [0.25, 0.3) is 0 Å². The topological polar surface area (TPSA) is 56.7 Å². The quantitative estimate of drug-likeness (QED) is 0.801. The van der Waals surface area contributed by atoms with Gasteiger partial charge in [-0.25, -0.2) is 9.97 Å². The zero-order valence-corrected chi connectivity index (χ0v) is 12.7. The molecule has 0 saturated heterocycles. The van der Waals surface area contributed by atoms with E-state index in [0.717, 1.165) is 33.1 Å². The second-order valence-electron chi connectivity index (χ2n) is 5.18. The van der Waals surface area contributed by atoms with Crippen LogP contribution >= 0.6 is 11.3 Å². The fraction of sp³-hybridized carbons (Fsp3) is 0.333. The molecule has 0 spiro atoms. The molecule has 1 aromatic carbocycles. The molecule has 0 aliphatic rings. The smallest absolute Gasteiger partial charge is 0.160 e. The van der Waals surface area contributed by atoms with E-state index >= 15 is 0 Å². The number of nitrogens with two attached hydrogens (primary N) is 1. The fourth-order valence-corrected chi connectivity index (χ4v) is 3.03. The highest BCUT2D eigenvalue weighted by atomic mass is 32.1. The summed E-state index contributed by atoms with van der Waals surface area (Å²) in [5, 5.41) is 3.13. The van der Waals surface area contributed by atoms with E-state index in [1.54, 1.807) is 11.3 Å². The van der Waals surface area contributed by atoms with Gasteiger partial charge in [-0.2, -0.15) is 0 Å². The zero-order valence-electron chi connectivity index (χ0n) is 11.9. The molecule has 104 valence electrons. The molecular weight excluding hydrogens is 268 g/mol. The number of aryl methyl sites for hydroxylation is 1. The Balaban J connectivity index is 2.27. The Morgan fingerprint density at radius 2 is 2.10 bits per heavy atom. The first-order valence-corrected chi connectivity index (χ1v) is 7.61. The lowest BCUT2D eigenvalue weighted by Crippen LogP contribution is -2.03. The van der Waals surface area contributed by atoms with Crippen molar-refractivity contribution in [2.75, 3.05) is 0 Å². The first-order valence-electron chi connectivity index (χ1n) is 6.73. The van der Waals surface area contributed by atoms with Gasteiger partial charge in [-0.05, 0) is 38.5 Å². The lowest BCUT2D eigenvalue weighted by Gasteiger charge is -2.11. The number of imidazole rings is 1. The summed E-state index contributed by atoms with van der Waals surface area (Å²) in [6.45, 7) is 6.89. The lowest BCUT2D eigenvalue weighted by atomic mass is 10.2. The molecule has 0 radical (unpaired) electrons. The number of hydrogen-bond donors (Lipinski definition) is 1. The molecule has 4 nitrogen and oxygen atoms in total. The second kappa shape index (κ2) is 5.00. The molecule has 0 fully saturated rings. The summed E-state index contributed by atoms with van der Waals surface area (Å²) in [4.78, 5) is 9.35. The lowest BCUT2D eigenvalue weighted by molar-refractivity contribution is 0.623. The highest BCUT2D eigenvalue weighted by molar-refractivity contribution is 7.09. The molecular formula is C15H18N4S. The summed E-state index contributed by atoms with van der Waals surface area (Å²) in [6, 6.07) is 6.57. The van der Waals surface area contributed by atoms with Crippen LogP contribution in [0.3, 0.4) is 0 Å². The minimum atomic E-state index is 0.334. The average molecular weight is 286 g/mol. The van der Waals surface area contributed by atoms with Gasteiger partial charge in [-0.15, -0.1) is 11.3 Å². The summed E-state index contributed by atoms with van der Waals surface area (Å²) in [5.74, 6) is 0.938. The molecule has 5 heteroatoms. The van der Waals surface area contributed by atoms with E-state index in [1.165, 1.54) is 0 Å². The molecule has 2 N–H and O–H groups in total. The van der Waals surface area contributed by atoms with Crippen molar-refractivity contribution in [3.8, 4) is 11.5 Å².